The number of hydrogen-bond donors (Lipinski definition) is 2. The van der Waals surface area contributed by atoms with Crippen molar-refractivity contribution in [2.45, 2.75) is 58.9 Å². The van der Waals surface area contributed by atoms with Gasteiger partial charge >= 0.3 is 0 Å². The van der Waals surface area contributed by atoms with E-state index in [1.54, 1.807) is 0 Å². The largest absolute Gasteiger partial charge is 0.368 e. The van der Waals surface area contributed by atoms with Crippen LogP contribution in [0.3, 0.4) is 0 Å². The molecule has 0 heterocycles. The minimum Gasteiger partial charge on any atom is -0.368 e. The molecular weight excluding hydrogens is 228 g/mol. The summed E-state index contributed by atoms with van der Waals surface area (Å²) in [5, 5.41) is 2.75. The molecule has 18 heavy (non-hydrogen) atoms. The molecule has 1 rings (SSSR count). The number of nitrogens with two attached hydrogens (primary N) is 1. The molecule has 1 aliphatic carbocycles. The van der Waals surface area contributed by atoms with Gasteiger partial charge in [0.2, 0.25) is 11.8 Å². The Kier molecular flexibility index (Phi) is 4.93. The lowest BCUT2D eigenvalue weighted by Gasteiger charge is -2.29. The van der Waals surface area contributed by atoms with E-state index in [9.17, 15) is 9.59 Å². The van der Waals surface area contributed by atoms with Crippen LogP contribution < -0.4 is 11.1 Å². The van der Waals surface area contributed by atoms with E-state index in [0.717, 1.165) is 19.3 Å². The van der Waals surface area contributed by atoms with Crippen LogP contribution >= 0.6 is 0 Å². The lowest BCUT2D eigenvalue weighted by Crippen LogP contribution is -2.52. The first kappa shape index (κ1) is 14.7. The third kappa shape index (κ3) is 4.51. The van der Waals surface area contributed by atoms with E-state index < -0.39 is 11.9 Å². The van der Waals surface area contributed by atoms with Crippen molar-refractivity contribution in [3.63, 3.8) is 0 Å². The third-order valence-corrected chi connectivity index (χ3v) is 3.23. The van der Waals surface area contributed by atoms with Crippen LogP contribution in [0.4, 0.5) is 0 Å². The number of nitrogens with one attached hydrogen (secondary N) is 1. The summed E-state index contributed by atoms with van der Waals surface area (Å²) < 4.78 is 0. The van der Waals surface area contributed by atoms with Gasteiger partial charge < -0.3 is 11.1 Å². The molecule has 0 radical (unpaired) electrons. The molecule has 4 nitrogen and oxygen atoms in total. The molecule has 1 aliphatic rings. The third-order valence-electron chi connectivity index (χ3n) is 3.23. The van der Waals surface area contributed by atoms with E-state index in [1.165, 1.54) is 12.0 Å². The van der Waals surface area contributed by atoms with Gasteiger partial charge in [0.25, 0.3) is 0 Å². The first-order valence-electron chi connectivity index (χ1n) is 6.57. The summed E-state index contributed by atoms with van der Waals surface area (Å²) in [6.07, 6.45) is 6.93. The fourth-order valence-corrected chi connectivity index (χ4v) is 2.20. The van der Waals surface area contributed by atoms with Gasteiger partial charge in [0.1, 0.15) is 6.04 Å². The number of rotatable bonds is 4. The highest BCUT2D eigenvalue weighted by molar-refractivity contribution is 5.88. The van der Waals surface area contributed by atoms with E-state index in [1.807, 2.05) is 20.8 Å². The smallest absolute Gasteiger partial charge is 0.240 e. The normalized spacial score (nSPS) is 17.8. The Labute approximate surface area is 109 Å². The zero-order chi connectivity index (χ0) is 13.8. The minimum absolute atomic E-state index is 0.109. The molecule has 0 spiro atoms. The molecule has 4 heteroatoms. The van der Waals surface area contributed by atoms with E-state index in [0.29, 0.717) is 6.42 Å². The summed E-state index contributed by atoms with van der Waals surface area (Å²) in [5.74, 6) is -0.588. The number of amides is 2. The van der Waals surface area contributed by atoms with Gasteiger partial charge in [-0.05, 0) is 31.1 Å². The number of primary amides is 1. The molecule has 0 aromatic heterocycles. The van der Waals surface area contributed by atoms with Crippen LogP contribution in [0, 0.1) is 5.41 Å². The van der Waals surface area contributed by atoms with Crippen molar-refractivity contribution in [3.8, 4) is 0 Å². The second kappa shape index (κ2) is 6.03. The topological polar surface area (TPSA) is 72.2 Å². The number of carbonyl (C=O) groups excluding carboxylic acids is 2. The Morgan fingerprint density at radius 3 is 2.50 bits per heavy atom. The van der Waals surface area contributed by atoms with Gasteiger partial charge in [-0.15, -0.1) is 0 Å². The second-order valence-corrected chi connectivity index (χ2v) is 6.05. The van der Waals surface area contributed by atoms with Crippen LogP contribution in [0.5, 0.6) is 0 Å². The summed E-state index contributed by atoms with van der Waals surface area (Å²) >= 11 is 0. The summed E-state index contributed by atoms with van der Waals surface area (Å²) in [7, 11) is 0. The lowest BCUT2D eigenvalue weighted by molar-refractivity contribution is -0.129. The summed E-state index contributed by atoms with van der Waals surface area (Å²) in [6.45, 7) is 5.67. The quantitative estimate of drug-likeness (QED) is 0.750. The van der Waals surface area contributed by atoms with E-state index >= 15 is 0 Å². The molecule has 0 aliphatic heterocycles. The van der Waals surface area contributed by atoms with Gasteiger partial charge in [-0.1, -0.05) is 32.4 Å². The minimum atomic E-state index is -0.616. The van der Waals surface area contributed by atoms with Crippen molar-refractivity contribution in [1.82, 2.24) is 5.32 Å². The summed E-state index contributed by atoms with van der Waals surface area (Å²) in [5.41, 5.74) is 6.15. The van der Waals surface area contributed by atoms with Crippen LogP contribution in [-0.4, -0.2) is 17.9 Å². The fourth-order valence-electron chi connectivity index (χ4n) is 2.20. The Morgan fingerprint density at radius 2 is 2.06 bits per heavy atom. The van der Waals surface area contributed by atoms with Gasteiger partial charge in [-0.2, -0.15) is 0 Å². The standard InChI is InChI=1S/C14H24N2O2/c1-14(2,3)12(13(15)18)16-11(17)9-10-7-5-4-6-8-10/h7,12H,4-6,8-9H2,1-3H3,(H2,15,18)(H,16,17)/t12-/m1/s1. The highest BCUT2D eigenvalue weighted by Gasteiger charge is 2.31. The van der Waals surface area contributed by atoms with Gasteiger partial charge in [-0.3, -0.25) is 9.59 Å². The highest BCUT2D eigenvalue weighted by Crippen LogP contribution is 2.22. The van der Waals surface area contributed by atoms with Gasteiger partial charge in [0, 0.05) is 6.42 Å². The van der Waals surface area contributed by atoms with Crippen LogP contribution in [0.1, 0.15) is 52.9 Å². The molecular formula is C14H24N2O2. The lowest BCUT2D eigenvalue weighted by atomic mass is 9.86. The van der Waals surface area contributed by atoms with E-state index in [2.05, 4.69) is 11.4 Å². The molecule has 102 valence electrons. The second-order valence-electron chi connectivity index (χ2n) is 6.05. The average Bonchev–Trinajstić information content (AvgIpc) is 2.25. The molecule has 3 N–H and O–H groups in total. The molecule has 2 amide bonds. The monoisotopic (exact) mass is 252 g/mol. The Hall–Kier alpha value is -1.32. The zero-order valence-corrected chi connectivity index (χ0v) is 11.6. The van der Waals surface area contributed by atoms with Crippen molar-refractivity contribution in [1.29, 1.82) is 0 Å². The SMILES string of the molecule is CC(C)(C)[C@H](NC(=O)CC1=CCCCC1)C(N)=O. The summed E-state index contributed by atoms with van der Waals surface area (Å²) in [6, 6.07) is -0.616. The molecule has 1 atom stereocenters. The molecule has 0 fully saturated rings. The number of carbonyl (C=O) groups is 2. The maximum Gasteiger partial charge on any atom is 0.240 e. The van der Waals surface area contributed by atoms with Gasteiger partial charge in [0.05, 0.1) is 0 Å². The van der Waals surface area contributed by atoms with Crippen molar-refractivity contribution < 1.29 is 9.59 Å². The Balaban J connectivity index is 2.56. The van der Waals surface area contributed by atoms with Crippen LogP contribution in [-0.2, 0) is 9.59 Å². The van der Waals surface area contributed by atoms with Crippen molar-refractivity contribution in [2.75, 3.05) is 0 Å². The predicted octanol–water partition coefficient (Wildman–Crippen LogP) is 1.89. The fraction of sp³-hybridized carbons (Fsp3) is 0.714. The molecule has 0 aromatic carbocycles. The Bertz CT molecular complexity index is 353. The zero-order valence-electron chi connectivity index (χ0n) is 11.6. The van der Waals surface area contributed by atoms with Crippen LogP contribution in [0.15, 0.2) is 11.6 Å². The maximum absolute atomic E-state index is 11.9. The average molecular weight is 252 g/mol. The molecule has 0 saturated carbocycles. The van der Waals surface area contributed by atoms with E-state index in [-0.39, 0.29) is 11.3 Å². The van der Waals surface area contributed by atoms with Crippen LogP contribution in [0.25, 0.3) is 0 Å². The van der Waals surface area contributed by atoms with Crippen molar-refractivity contribution >= 4 is 11.8 Å². The van der Waals surface area contributed by atoms with Gasteiger partial charge in [0.15, 0.2) is 0 Å². The van der Waals surface area contributed by atoms with Gasteiger partial charge in [-0.25, -0.2) is 0 Å². The molecule has 0 aromatic rings. The van der Waals surface area contributed by atoms with Crippen molar-refractivity contribution in [2.24, 2.45) is 11.1 Å². The maximum atomic E-state index is 11.9. The molecule has 0 bridgehead atoms. The molecule has 0 unspecified atom stereocenters. The first-order valence-corrected chi connectivity index (χ1v) is 6.57. The Morgan fingerprint density at radius 1 is 1.39 bits per heavy atom. The number of allylic oxidation sites excluding steroid dienone is 1. The van der Waals surface area contributed by atoms with Crippen LogP contribution in [0.2, 0.25) is 0 Å². The van der Waals surface area contributed by atoms with Crippen molar-refractivity contribution in [3.05, 3.63) is 11.6 Å². The van der Waals surface area contributed by atoms with E-state index in [4.69, 9.17) is 5.73 Å². The predicted molar refractivity (Wildman–Crippen MR) is 71.7 cm³/mol. The highest BCUT2D eigenvalue weighted by atomic mass is 16.2. The first-order chi connectivity index (χ1) is 8.30. The summed E-state index contributed by atoms with van der Waals surface area (Å²) in [4.78, 5) is 23.3. The molecule has 0 saturated heterocycles. The number of hydrogen-bond acceptors (Lipinski definition) is 2.